The molecular weight excluding hydrogens is 512 g/mol. The number of nitrogens with one attached hydrogen (secondary N) is 2. The van der Waals surface area contributed by atoms with Crippen LogP contribution in [0.4, 0.5) is 9.59 Å². The molecule has 0 saturated heterocycles. The summed E-state index contributed by atoms with van der Waals surface area (Å²) in [5, 5.41) is 6.50. The number of aryl methyl sites for hydroxylation is 1. The molecule has 0 bridgehead atoms. The standard InChI is InChI=1S/C27H32N2O10/c1-4-23(30)36-16-14-34-12-10-28-26(32)38-21-8-9-22-20(18-21)7-6-19(3)25(22)39-27(33)29-11-13-35-15-17-37-24(31)5-2/h4-9,18H,1-2,10-17H2,3H3,(H,28,32)(H,29,33). The molecule has 0 radical (unpaired) electrons. The second-order valence-corrected chi connectivity index (χ2v) is 7.70. The van der Waals surface area contributed by atoms with E-state index in [-0.39, 0.29) is 52.7 Å². The molecule has 2 N–H and O–H groups in total. The van der Waals surface area contributed by atoms with Crippen LogP contribution in [0.1, 0.15) is 5.56 Å². The Morgan fingerprint density at radius 1 is 0.744 bits per heavy atom. The van der Waals surface area contributed by atoms with Gasteiger partial charge in [0.25, 0.3) is 0 Å². The monoisotopic (exact) mass is 544 g/mol. The molecule has 0 fully saturated rings. The Bertz CT molecular complexity index is 1160. The molecule has 0 heterocycles. The first kappa shape index (κ1) is 30.8. The van der Waals surface area contributed by atoms with Gasteiger partial charge in [-0.05, 0) is 36.1 Å². The van der Waals surface area contributed by atoms with E-state index in [2.05, 4.69) is 23.8 Å². The minimum atomic E-state index is -0.667. The van der Waals surface area contributed by atoms with Gasteiger partial charge in [-0.25, -0.2) is 19.2 Å². The highest BCUT2D eigenvalue weighted by molar-refractivity contribution is 5.92. The largest absolute Gasteiger partial charge is 0.460 e. The third-order valence-electron chi connectivity index (χ3n) is 4.85. The number of carbonyl (C=O) groups is 4. The van der Waals surface area contributed by atoms with Gasteiger partial charge in [0.15, 0.2) is 0 Å². The lowest BCUT2D eigenvalue weighted by Crippen LogP contribution is -2.30. The van der Waals surface area contributed by atoms with Crippen LogP contribution in [-0.4, -0.2) is 76.9 Å². The number of hydrogen-bond acceptors (Lipinski definition) is 10. The lowest BCUT2D eigenvalue weighted by molar-refractivity contribution is -0.140. The number of fused-ring (bicyclic) bond motifs is 1. The van der Waals surface area contributed by atoms with E-state index in [1.807, 2.05) is 6.07 Å². The number of hydrogen-bond donors (Lipinski definition) is 2. The quantitative estimate of drug-likeness (QED) is 0.184. The molecule has 0 saturated carbocycles. The average Bonchev–Trinajstić information content (AvgIpc) is 2.93. The summed E-state index contributed by atoms with van der Waals surface area (Å²) in [5.74, 6) is -0.393. The minimum Gasteiger partial charge on any atom is -0.460 e. The molecule has 2 aromatic rings. The van der Waals surface area contributed by atoms with Crippen molar-refractivity contribution in [1.29, 1.82) is 0 Å². The predicted octanol–water partition coefficient (Wildman–Crippen LogP) is 2.82. The molecular formula is C27H32N2O10. The van der Waals surface area contributed by atoms with Crippen LogP contribution in [0.15, 0.2) is 55.6 Å². The molecule has 2 amide bonds. The number of benzene rings is 2. The summed E-state index contributed by atoms with van der Waals surface area (Å²) in [6.07, 6.45) is 0.799. The van der Waals surface area contributed by atoms with Gasteiger partial charge >= 0.3 is 24.1 Å². The molecule has 0 aromatic heterocycles. The van der Waals surface area contributed by atoms with Crippen molar-refractivity contribution < 1.29 is 47.6 Å². The van der Waals surface area contributed by atoms with E-state index in [0.717, 1.165) is 17.7 Å². The van der Waals surface area contributed by atoms with Crippen molar-refractivity contribution in [3.63, 3.8) is 0 Å². The fourth-order valence-corrected chi connectivity index (χ4v) is 3.03. The van der Waals surface area contributed by atoms with Crippen LogP contribution in [-0.2, 0) is 28.5 Å². The molecule has 0 aliphatic rings. The highest BCUT2D eigenvalue weighted by atomic mass is 16.6. The molecule has 0 atom stereocenters. The zero-order chi connectivity index (χ0) is 28.5. The van der Waals surface area contributed by atoms with Crippen LogP contribution < -0.4 is 20.1 Å². The van der Waals surface area contributed by atoms with Gasteiger partial charge in [-0.3, -0.25) is 0 Å². The van der Waals surface area contributed by atoms with Crippen molar-refractivity contribution in [2.45, 2.75) is 6.92 Å². The van der Waals surface area contributed by atoms with E-state index in [1.54, 1.807) is 31.2 Å². The van der Waals surface area contributed by atoms with Gasteiger partial charge in [-0.1, -0.05) is 25.3 Å². The second-order valence-electron chi connectivity index (χ2n) is 7.70. The summed E-state index contributed by atoms with van der Waals surface area (Å²) >= 11 is 0. The first-order valence-electron chi connectivity index (χ1n) is 12.0. The first-order valence-corrected chi connectivity index (χ1v) is 12.0. The number of ether oxygens (including phenoxy) is 6. The summed E-state index contributed by atoms with van der Waals surface area (Å²) in [5.41, 5.74) is 0.739. The average molecular weight is 545 g/mol. The maximum Gasteiger partial charge on any atom is 0.412 e. The summed E-state index contributed by atoms with van der Waals surface area (Å²) in [6.45, 7) is 9.73. The van der Waals surface area contributed by atoms with Crippen LogP contribution >= 0.6 is 0 Å². The highest BCUT2D eigenvalue weighted by Gasteiger charge is 2.13. The Hall–Kier alpha value is -4.42. The smallest absolute Gasteiger partial charge is 0.412 e. The van der Waals surface area contributed by atoms with Crippen LogP contribution in [0.2, 0.25) is 0 Å². The fourth-order valence-electron chi connectivity index (χ4n) is 3.03. The number of esters is 2. The number of carbonyl (C=O) groups excluding carboxylic acids is 4. The Kier molecular flexibility index (Phi) is 13.6. The number of rotatable bonds is 16. The maximum absolute atomic E-state index is 12.3. The molecule has 0 aliphatic carbocycles. The zero-order valence-corrected chi connectivity index (χ0v) is 21.7. The lowest BCUT2D eigenvalue weighted by atomic mass is 10.1. The SMILES string of the molecule is C=CC(=O)OCCOCCNC(=O)Oc1ccc2c(OC(=O)NCCOCCOC(=O)C=C)c(C)ccc2c1. The normalized spacial score (nSPS) is 10.3. The van der Waals surface area contributed by atoms with Crippen molar-refractivity contribution in [2.75, 3.05) is 52.7 Å². The Morgan fingerprint density at radius 3 is 1.87 bits per heavy atom. The van der Waals surface area contributed by atoms with E-state index in [1.165, 1.54) is 0 Å². The summed E-state index contributed by atoms with van der Waals surface area (Å²) in [6, 6.07) is 8.53. The molecule has 210 valence electrons. The van der Waals surface area contributed by atoms with Crippen molar-refractivity contribution >= 4 is 34.9 Å². The molecule has 2 aromatic carbocycles. The van der Waals surface area contributed by atoms with E-state index in [9.17, 15) is 19.2 Å². The Morgan fingerprint density at radius 2 is 1.31 bits per heavy atom. The van der Waals surface area contributed by atoms with Crippen LogP contribution in [0.5, 0.6) is 11.5 Å². The van der Waals surface area contributed by atoms with Gasteiger partial charge < -0.3 is 39.1 Å². The number of amides is 2. The van der Waals surface area contributed by atoms with Crippen molar-refractivity contribution in [2.24, 2.45) is 0 Å². The third kappa shape index (κ3) is 11.7. The van der Waals surface area contributed by atoms with E-state index in [4.69, 9.17) is 28.4 Å². The van der Waals surface area contributed by atoms with Crippen LogP contribution in [0, 0.1) is 6.92 Å². The first-order chi connectivity index (χ1) is 18.8. The molecule has 0 aliphatic heterocycles. The van der Waals surface area contributed by atoms with Gasteiger partial charge in [0, 0.05) is 30.6 Å². The van der Waals surface area contributed by atoms with Crippen LogP contribution in [0.25, 0.3) is 10.8 Å². The topological polar surface area (TPSA) is 148 Å². The highest BCUT2D eigenvalue weighted by Crippen LogP contribution is 2.32. The molecule has 0 spiro atoms. The molecule has 0 unspecified atom stereocenters. The Labute approximate surface area is 225 Å². The Balaban J connectivity index is 1.77. The van der Waals surface area contributed by atoms with Gasteiger partial charge in [-0.15, -0.1) is 0 Å². The van der Waals surface area contributed by atoms with Crippen LogP contribution in [0.3, 0.4) is 0 Å². The van der Waals surface area contributed by atoms with Crippen molar-refractivity contribution in [3.8, 4) is 11.5 Å². The maximum atomic E-state index is 12.3. The second kappa shape index (κ2) is 17.2. The van der Waals surface area contributed by atoms with E-state index in [0.29, 0.717) is 22.3 Å². The van der Waals surface area contributed by atoms with Gasteiger partial charge in [0.2, 0.25) is 0 Å². The summed E-state index contributed by atoms with van der Waals surface area (Å²) in [7, 11) is 0. The lowest BCUT2D eigenvalue weighted by Gasteiger charge is -2.13. The molecule has 2 rings (SSSR count). The minimum absolute atomic E-state index is 0.0862. The van der Waals surface area contributed by atoms with E-state index >= 15 is 0 Å². The summed E-state index contributed by atoms with van der Waals surface area (Å²) in [4.78, 5) is 46.2. The van der Waals surface area contributed by atoms with Gasteiger partial charge in [0.05, 0.1) is 26.4 Å². The zero-order valence-electron chi connectivity index (χ0n) is 21.7. The molecule has 12 heteroatoms. The van der Waals surface area contributed by atoms with Crippen molar-refractivity contribution in [1.82, 2.24) is 10.6 Å². The van der Waals surface area contributed by atoms with E-state index < -0.39 is 24.1 Å². The van der Waals surface area contributed by atoms with Gasteiger partial charge in [-0.2, -0.15) is 0 Å². The predicted molar refractivity (Wildman–Crippen MR) is 141 cm³/mol. The third-order valence-corrected chi connectivity index (χ3v) is 4.85. The van der Waals surface area contributed by atoms with Crippen molar-refractivity contribution in [3.05, 3.63) is 61.2 Å². The fraction of sp³-hybridized carbons (Fsp3) is 0.333. The molecule has 12 nitrogen and oxygen atoms in total. The summed E-state index contributed by atoms with van der Waals surface area (Å²) < 4.78 is 30.9. The van der Waals surface area contributed by atoms with Gasteiger partial charge in [0.1, 0.15) is 24.7 Å². The molecule has 39 heavy (non-hydrogen) atoms.